The van der Waals surface area contributed by atoms with Crippen LogP contribution in [0.3, 0.4) is 0 Å². The highest BCUT2D eigenvalue weighted by Gasteiger charge is 2.23. The van der Waals surface area contributed by atoms with Crippen molar-refractivity contribution in [3.05, 3.63) is 145 Å². The summed E-state index contributed by atoms with van der Waals surface area (Å²) in [5.74, 6) is -1.45. The van der Waals surface area contributed by atoms with Crippen molar-refractivity contribution in [2.75, 3.05) is 107 Å². The van der Waals surface area contributed by atoms with Gasteiger partial charge in [0.2, 0.25) is 60.4 Å². The summed E-state index contributed by atoms with van der Waals surface area (Å²) in [6.07, 6.45) is -1.71. The number of Topliss-reactive ketones (excluding diaryl/α,β-unsaturated/α-hetero) is 1. The Balaban J connectivity index is -0.000000148. The van der Waals surface area contributed by atoms with Gasteiger partial charge in [-0.25, -0.2) is 29.7 Å². The summed E-state index contributed by atoms with van der Waals surface area (Å²) >= 11 is 3.40. The number of anilines is 5. The van der Waals surface area contributed by atoms with Gasteiger partial charge in [0, 0.05) is 153 Å². The Bertz CT molecular complexity index is 4260. The number of H-pyrrole nitrogens is 1. The van der Waals surface area contributed by atoms with Crippen LogP contribution < -0.4 is 82.7 Å². The number of carboxylic acid groups (broad SMARTS) is 2. The zero-order valence-electron chi connectivity index (χ0n) is 70.1. The molecule has 693 valence electrons. The smallest absolute Gasteiger partial charge is 0.363 e. The number of esters is 2. The lowest BCUT2D eigenvalue weighted by Crippen LogP contribution is -2.51. The van der Waals surface area contributed by atoms with E-state index in [1.165, 1.54) is 65.9 Å². The molecule has 122 heavy (non-hydrogen) atoms. The van der Waals surface area contributed by atoms with Gasteiger partial charge in [0.05, 0.1) is 31.2 Å². The number of aliphatic hydroxyl groups is 1. The molecule has 0 fully saturated rings. The number of aldehydes is 1. The van der Waals surface area contributed by atoms with Crippen molar-refractivity contribution in [2.24, 2.45) is 39.7 Å². The second kappa shape index (κ2) is 77.0. The summed E-state index contributed by atoms with van der Waals surface area (Å²) in [5, 5.41) is 33.7. The zero-order valence-corrected chi connectivity index (χ0v) is 71.7. The van der Waals surface area contributed by atoms with Crippen molar-refractivity contribution in [1.29, 1.82) is 0 Å². The second-order valence-corrected chi connectivity index (χ2v) is 22.5. The molecule has 5 heterocycles. The Morgan fingerprint density at radius 1 is 0.557 bits per heavy atom. The van der Waals surface area contributed by atoms with E-state index >= 15 is 0 Å². The number of aromatic amines is 1. The van der Waals surface area contributed by atoms with Crippen LogP contribution in [-0.4, -0.2) is 201 Å². The van der Waals surface area contributed by atoms with Gasteiger partial charge >= 0.3 is 17.9 Å². The van der Waals surface area contributed by atoms with E-state index < -0.39 is 54.6 Å². The van der Waals surface area contributed by atoms with E-state index in [2.05, 4.69) is 78.1 Å². The maximum absolute atomic E-state index is 11.8. The number of amides is 2. The average Bonchev–Trinajstić information content (AvgIpc) is 0.836. The number of nitrogens with zero attached hydrogens (tertiary/aromatic N) is 9. The number of halogens is 2. The standard InChI is InChI=1S/C13H12BrN3O.C12H19N3O4.C10H18O5.C9H15N3O3.C8H9N3O3.C8H13N3O2.C8H16O4.C2H6O.CH5N3.CH2O3.3CH4.B.FH.H2/c1-17-12(18)8-11(16-13(17)15)6-5-9-3-2-4-10(14)7-9;1-5-18-11(19-6-2)9-7-10(17)15(4)12(14-9)13-8(3)16;1-4-13-9(12)7-8(11)10(14-5-2)15-6-3;1-3-14-8(15-4-2)6-5-7(13)12-9(10)11-6;1-5(13)9-8-10-6(4-12)3-7(14)11(8)2;1-3-13-5-6-4-7(12)11(2)8(9)10-6;1-4-10-7(9)8(11-5-2)12-6-3;1-2-3;2*2-1(3)4;;;;;;/h2-8H,1H3,(H2,15,16);7,11H,5-6H2,1-4H3,(H,13,14,16);10H,4-7H2,1-3H3;5,8H,3-4H2,1-2H3,(H3,10,11,12,13);3-4H,1-2H3,(H,9,10,13);4H,3,5H2,1-2H3,(H2,9,10);8H,4-6H2,1-3H3;3H,2H2,1H3;(H5,2,3,4);(H2,2,3,4);3*1H4;;2*1H/p-1/b6-5-;;;;;;;;;;;;;;;/i;;;;;;;;;;;;;;;1+1. The predicted octanol–water partition coefficient (Wildman–Crippen LogP) is 1.33. The van der Waals surface area contributed by atoms with Gasteiger partial charge in [0.1, 0.15) is 23.5 Å². The van der Waals surface area contributed by atoms with Crippen LogP contribution >= 0.6 is 15.9 Å². The first kappa shape index (κ1) is 129. The van der Waals surface area contributed by atoms with Crippen molar-refractivity contribution in [1.82, 2.24) is 48.2 Å². The van der Waals surface area contributed by atoms with Crippen molar-refractivity contribution in [3.8, 4) is 0 Å². The molecular weight excluding hydrogens is 1680 g/mol. The summed E-state index contributed by atoms with van der Waals surface area (Å²) in [6.45, 7) is 29.2. The Morgan fingerprint density at radius 3 is 1.34 bits per heavy atom. The van der Waals surface area contributed by atoms with E-state index in [4.69, 9.17) is 84.7 Å². The van der Waals surface area contributed by atoms with Crippen LogP contribution in [0, 0.1) is 0 Å². The third-order valence-electron chi connectivity index (χ3n) is 12.3. The lowest BCUT2D eigenvalue weighted by atomic mass is 10.2. The fourth-order valence-electron chi connectivity index (χ4n) is 7.51. The number of rotatable bonds is 32. The van der Waals surface area contributed by atoms with Crippen molar-refractivity contribution in [2.45, 2.75) is 157 Å². The number of nitrogens with one attached hydrogen (secondary N) is 3. The maximum Gasteiger partial charge on any atom is 0.363 e. The number of nitrogen functional groups attached to an aromatic ring is 3. The lowest BCUT2D eigenvalue weighted by molar-refractivity contribution is -0.415. The van der Waals surface area contributed by atoms with Gasteiger partial charge < -0.3 is 89.4 Å². The van der Waals surface area contributed by atoms with E-state index in [1.54, 1.807) is 68.6 Å². The second-order valence-electron chi connectivity index (χ2n) is 21.5. The number of aliphatic hydroxyl groups excluding tert-OH is 1. The van der Waals surface area contributed by atoms with Gasteiger partial charge in [-0.1, -0.05) is 56.4 Å². The highest BCUT2D eigenvalue weighted by Crippen LogP contribution is 2.19. The molecule has 6 rings (SSSR count). The van der Waals surface area contributed by atoms with Crippen molar-refractivity contribution < 1.29 is 113 Å². The van der Waals surface area contributed by atoms with Crippen molar-refractivity contribution >= 4 is 114 Å². The predicted molar refractivity (Wildman–Crippen MR) is 461 cm³/mol. The number of nitrogens with two attached hydrogens (primary N) is 6. The normalized spacial score (nSPS) is 9.67. The number of ether oxygens (including phenoxy) is 11. The third-order valence-corrected chi connectivity index (χ3v) is 12.8. The van der Waals surface area contributed by atoms with E-state index in [9.17, 15) is 52.7 Å². The number of aromatic nitrogens is 10. The van der Waals surface area contributed by atoms with Crippen LogP contribution in [0.4, 0.5) is 39.2 Å². The number of carbonyl (C=O) groups is 7. The first-order valence-corrected chi connectivity index (χ1v) is 36.6. The molecule has 1 aromatic carbocycles. The molecule has 0 saturated heterocycles. The number of benzene rings is 1. The monoisotopic (exact) mass is 1810 g/mol. The molecule has 2 amide bonds. The van der Waals surface area contributed by atoms with Gasteiger partial charge in [-0.05, 0) is 113 Å². The molecule has 0 spiro atoms. The average molecular weight is 1810 g/mol. The number of carbonyl (C=O) groups excluding carboxylic acids is 7. The molecule has 3 radical (unpaired) electrons. The minimum atomic E-state index is -2.33. The fraction of sp³-hybridized carbons (Fsp3) is 0.520. The first-order valence-electron chi connectivity index (χ1n) is 35.8. The SMILES string of the molecule is C.C.C.CC(=O)Nc1nc(C=O)cc(=O)n1C.CCO.CCOC(=O)C(OCC)OCC.CCOC(=O)CC(=O)C(OCC)OCC.CCOC(OCC)c1cc(=O)[nH]c(N)n1.CCOC(OCC)c1cc(=O)n(C)c(NC(C)=O)n1.CCOCc1cc(=O)n(C)c(N)n1.Cn1c(N)nc(/C=C\c2cccc(Br)c2)cc1=O.F.NC(N)=[NH2+].O=C([O-])[O-].[2HH].[B]. The molecular formula is C75H129BBrFN18O26-. The van der Waals surface area contributed by atoms with E-state index in [0.717, 1.165) is 20.7 Å². The molecule has 6 aromatic rings. The van der Waals surface area contributed by atoms with E-state index in [0.29, 0.717) is 102 Å². The molecule has 0 bridgehead atoms. The van der Waals surface area contributed by atoms with E-state index in [1.807, 2.05) is 65.0 Å². The molecule has 0 aliphatic carbocycles. The summed E-state index contributed by atoms with van der Waals surface area (Å²) < 4.78 is 61.9. The number of hydrogen-bond acceptors (Lipinski definition) is 34. The molecule has 0 saturated carbocycles. The summed E-state index contributed by atoms with van der Waals surface area (Å²) in [7, 11) is 6.15. The molecule has 0 aliphatic heterocycles. The fourth-order valence-corrected chi connectivity index (χ4v) is 7.92. The Morgan fingerprint density at radius 2 is 0.951 bits per heavy atom. The van der Waals surface area contributed by atoms with Crippen LogP contribution in [0.15, 0.2) is 83.0 Å². The largest absolute Gasteiger partial charge is 0.652 e. The van der Waals surface area contributed by atoms with Crippen LogP contribution in [0.5, 0.6) is 0 Å². The summed E-state index contributed by atoms with van der Waals surface area (Å²) in [4.78, 5) is 153. The Hall–Kier alpha value is -11.4. The summed E-state index contributed by atoms with van der Waals surface area (Å²) in [6, 6.07) is 14.4. The van der Waals surface area contributed by atoms with Crippen LogP contribution in [0.1, 0.15) is 178 Å². The molecule has 0 aliphatic rings. The lowest BCUT2D eigenvalue weighted by Gasteiger charge is -2.17. The zero-order chi connectivity index (χ0) is 90.3. The minimum Gasteiger partial charge on any atom is -0.652 e. The quantitative estimate of drug-likeness (QED) is 0.00542. The molecule has 44 nitrogen and oxygen atoms in total. The van der Waals surface area contributed by atoms with Gasteiger partial charge in [-0.3, -0.25) is 103 Å². The maximum atomic E-state index is 11.8. The molecule has 0 atom stereocenters. The van der Waals surface area contributed by atoms with Gasteiger partial charge in [0.25, 0.3) is 34.1 Å². The Labute approximate surface area is 720 Å². The summed E-state index contributed by atoms with van der Waals surface area (Å²) in [5.41, 5.74) is 27.2. The number of hydrogen-bond donors (Lipinski definition) is 10. The van der Waals surface area contributed by atoms with E-state index in [-0.39, 0.29) is 132 Å². The van der Waals surface area contributed by atoms with Crippen LogP contribution in [0.25, 0.3) is 12.2 Å². The van der Waals surface area contributed by atoms with Gasteiger partial charge in [-0.2, -0.15) is 0 Å². The van der Waals surface area contributed by atoms with Gasteiger partial charge in [-0.15, -0.1) is 0 Å². The Kier molecular flexibility index (Phi) is 81.2. The first-order chi connectivity index (χ1) is 55.2. The number of ketones is 1. The van der Waals surface area contributed by atoms with Crippen LogP contribution in [0.2, 0.25) is 0 Å². The minimum absolute atomic E-state index is 0. The molecule has 47 heteroatoms. The molecule has 16 N–H and O–H groups in total. The van der Waals surface area contributed by atoms with Gasteiger partial charge in [0.15, 0.2) is 12.1 Å². The highest BCUT2D eigenvalue weighted by molar-refractivity contribution is 9.10. The third kappa shape index (κ3) is 61.0. The van der Waals surface area contributed by atoms with Crippen LogP contribution in [-0.2, 0) is 111 Å². The van der Waals surface area contributed by atoms with Crippen molar-refractivity contribution in [3.63, 3.8) is 0 Å². The topological polar surface area (TPSA) is 652 Å². The molecule has 5 aromatic heterocycles. The number of guanidine groups is 1. The molecule has 0 unspecified atom stereocenters. The highest BCUT2D eigenvalue weighted by atomic mass is 79.9.